The zero-order valence-corrected chi connectivity index (χ0v) is 11.7. The average Bonchev–Trinajstić information content (AvgIpc) is 2.80. The van der Waals surface area contributed by atoms with E-state index in [1.807, 2.05) is 13.0 Å². The highest BCUT2D eigenvalue weighted by molar-refractivity contribution is 7.14. The highest BCUT2D eigenvalue weighted by atomic mass is 32.1. The molecule has 2 N–H and O–H groups in total. The van der Waals surface area contributed by atoms with Crippen molar-refractivity contribution in [1.29, 1.82) is 0 Å². The molecule has 1 amide bonds. The van der Waals surface area contributed by atoms with Gasteiger partial charge in [-0.15, -0.1) is 11.3 Å². The zero-order valence-electron chi connectivity index (χ0n) is 10.9. The van der Waals surface area contributed by atoms with Crippen molar-refractivity contribution in [3.05, 3.63) is 21.4 Å². The maximum Gasteiger partial charge on any atom is 0.261 e. The van der Waals surface area contributed by atoms with Crippen LogP contribution in [-0.4, -0.2) is 23.7 Å². The van der Waals surface area contributed by atoms with Gasteiger partial charge in [0.15, 0.2) is 0 Å². The van der Waals surface area contributed by atoms with Crippen molar-refractivity contribution in [3.8, 4) is 0 Å². The SMILES string of the molecule is CCCC(O)CNC(=O)c1cc2c(s1)CCCC2. The van der Waals surface area contributed by atoms with E-state index < -0.39 is 6.10 Å². The Balaban J connectivity index is 1.90. The van der Waals surface area contributed by atoms with Gasteiger partial charge in [0.25, 0.3) is 5.91 Å². The minimum Gasteiger partial charge on any atom is -0.391 e. The molecule has 1 aliphatic rings. The van der Waals surface area contributed by atoms with Gasteiger partial charge >= 0.3 is 0 Å². The van der Waals surface area contributed by atoms with Crippen LogP contribution in [0.5, 0.6) is 0 Å². The second-order valence-corrected chi connectivity index (χ2v) is 6.06. The minimum absolute atomic E-state index is 0.0375. The molecular weight excluding hydrogens is 246 g/mol. The predicted molar refractivity (Wildman–Crippen MR) is 74.2 cm³/mol. The highest BCUT2D eigenvalue weighted by Gasteiger charge is 2.17. The van der Waals surface area contributed by atoms with Gasteiger partial charge in [-0.3, -0.25) is 4.79 Å². The highest BCUT2D eigenvalue weighted by Crippen LogP contribution is 2.29. The van der Waals surface area contributed by atoms with Crippen molar-refractivity contribution < 1.29 is 9.90 Å². The van der Waals surface area contributed by atoms with Gasteiger partial charge in [0.2, 0.25) is 0 Å². The van der Waals surface area contributed by atoms with E-state index in [1.54, 1.807) is 11.3 Å². The number of aliphatic hydroxyl groups is 1. The van der Waals surface area contributed by atoms with E-state index in [-0.39, 0.29) is 5.91 Å². The number of fused-ring (bicyclic) bond motifs is 1. The van der Waals surface area contributed by atoms with E-state index in [0.717, 1.165) is 30.6 Å². The van der Waals surface area contributed by atoms with Crippen molar-refractivity contribution in [3.63, 3.8) is 0 Å². The molecule has 0 aromatic carbocycles. The number of nitrogens with one attached hydrogen (secondary N) is 1. The summed E-state index contributed by atoms with van der Waals surface area (Å²) in [7, 11) is 0. The molecule has 1 atom stereocenters. The first kappa shape index (κ1) is 13.6. The fraction of sp³-hybridized carbons (Fsp3) is 0.643. The van der Waals surface area contributed by atoms with Crippen molar-refractivity contribution >= 4 is 17.2 Å². The quantitative estimate of drug-likeness (QED) is 0.861. The van der Waals surface area contributed by atoms with Crippen molar-refractivity contribution in [1.82, 2.24) is 5.32 Å². The van der Waals surface area contributed by atoms with Gasteiger partial charge in [-0.2, -0.15) is 0 Å². The Morgan fingerprint density at radius 3 is 3.00 bits per heavy atom. The third-order valence-electron chi connectivity index (χ3n) is 3.34. The minimum atomic E-state index is -0.423. The maximum absolute atomic E-state index is 12.0. The van der Waals surface area contributed by atoms with Crippen molar-refractivity contribution in [2.45, 2.75) is 51.6 Å². The molecule has 0 bridgehead atoms. The molecule has 3 nitrogen and oxygen atoms in total. The second kappa shape index (κ2) is 6.34. The molecule has 1 heterocycles. The molecule has 0 radical (unpaired) electrons. The molecule has 1 unspecified atom stereocenters. The summed E-state index contributed by atoms with van der Waals surface area (Å²) in [4.78, 5) is 14.1. The largest absolute Gasteiger partial charge is 0.391 e. The number of hydrogen-bond acceptors (Lipinski definition) is 3. The number of rotatable bonds is 5. The van der Waals surface area contributed by atoms with E-state index in [9.17, 15) is 9.90 Å². The molecular formula is C14H21NO2S. The smallest absolute Gasteiger partial charge is 0.261 e. The lowest BCUT2D eigenvalue weighted by molar-refractivity contribution is 0.0914. The maximum atomic E-state index is 12.0. The van der Waals surface area contributed by atoms with Crippen LogP contribution in [0.2, 0.25) is 0 Å². The fourth-order valence-electron chi connectivity index (χ4n) is 2.34. The third kappa shape index (κ3) is 3.33. The molecule has 4 heteroatoms. The van der Waals surface area contributed by atoms with Crippen LogP contribution in [0.25, 0.3) is 0 Å². The van der Waals surface area contributed by atoms with Gasteiger partial charge in [0.05, 0.1) is 11.0 Å². The Kier molecular flexibility index (Phi) is 4.78. The van der Waals surface area contributed by atoms with Crippen LogP contribution in [0.1, 0.15) is 52.7 Å². The Labute approximate surface area is 112 Å². The van der Waals surface area contributed by atoms with Crippen LogP contribution < -0.4 is 5.32 Å². The van der Waals surface area contributed by atoms with Crippen LogP contribution in [0.3, 0.4) is 0 Å². The van der Waals surface area contributed by atoms with Gasteiger partial charge < -0.3 is 10.4 Å². The van der Waals surface area contributed by atoms with Gasteiger partial charge in [-0.05, 0) is 43.7 Å². The number of hydrogen-bond donors (Lipinski definition) is 2. The second-order valence-electron chi connectivity index (χ2n) is 4.92. The lowest BCUT2D eigenvalue weighted by Crippen LogP contribution is -2.31. The third-order valence-corrected chi connectivity index (χ3v) is 4.58. The summed E-state index contributed by atoms with van der Waals surface area (Å²) in [6, 6.07) is 2.03. The van der Waals surface area contributed by atoms with Gasteiger partial charge in [0.1, 0.15) is 0 Å². The number of amides is 1. The molecule has 0 saturated carbocycles. The molecule has 18 heavy (non-hydrogen) atoms. The number of carbonyl (C=O) groups is 1. The number of aryl methyl sites for hydroxylation is 2. The summed E-state index contributed by atoms with van der Waals surface area (Å²) < 4.78 is 0. The van der Waals surface area contributed by atoms with E-state index in [2.05, 4.69) is 5.32 Å². The monoisotopic (exact) mass is 267 g/mol. The van der Waals surface area contributed by atoms with Crippen LogP contribution in [0.15, 0.2) is 6.07 Å². The van der Waals surface area contributed by atoms with Crippen LogP contribution in [-0.2, 0) is 12.8 Å². The first-order valence-corrected chi connectivity index (χ1v) is 7.60. The molecule has 0 saturated heterocycles. The van der Waals surface area contributed by atoms with E-state index in [4.69, 9.17) is 0 Å². The lowest BCUT2D eigenvalue weighted by atomic mass is 9.99. The Hall–Kier alpha value is -0.870. The van der Waals surface area contributed by atoms with E-state index in [0.29, 0.717) is 6.54 Å². The fourth-order valence-corrected chi connectivity index (χ4v) is 3.51. The molecule has 2 rings (SSSR count). The van der Waals surface area contributed by atoms with E-state index in [1.165, 1.54) is 23.3 Å². The van der Waals surface area contributed by atoms with Gasteiger partial charge in [0, 0.05) is 11.4 Å². The summed E-state index contributed by atoms with van der Waals surface area (Å²) in [6.07, 6.45) is 5.95. The Morgan fingerprint density at radius 1 is 1.50 bits per heavy atom. The summed E-state index contributed by atoms with van der Waals surface area (Å²) >= 11 is 1.61. The molecule has 0 aliphatic heterocycles. The van der Waals surface area contributed by atoms with Crippen LogP contribution in [0, 0.1) is 0 Å². The summed E-state index contributed by atoms with van der Waals surface area (Å²) in [5.41, 5.74) is 1.35. The van der Waals surface area contributed by atoms with Gasteiger partial charge in [-0.1, -0.05) is 13.3 Å². The standard InChI is InChI=1S/C14H21NO2S/c1-2-5-11(16)9-15-14(17)13-8-10-6-3-4-7-12(10)18-13/h8,11,16H,2-7,9H2,1H3,(H,15,17). The number of aliphatic hydroxyl groups excluding tert-OH is 1. The molecule has 0 fully saturated rings. The first-order valence-electron chi connectivity index (χ1n) is 6.78. The molecule has 1 aliphatic carbocycles. The average molecular weight is 267 g/mol. The summed E-state index contributed by atoms with van der Waals surface area (Å²) in [6.45, 7) is 2.38. The predicted octanol–water partition coefficient (Wildman–Crippen LogP) is 2.52. The Bertz CT molecular complexity index is 390. The van der Waals surface area contributed by atoms with E-state index >= 15 is 0 Å². The van der Waals surface area contributed by atoms with Gasteiger partial charge in [-0.25, -0.2) is 0 Å². The topological polar surface area (TPSA) is 49.3 Å². The molecule has 1 aromatic heterocycles. The summed E-state index contributed by atoms with van der Waals surface area (Å²) in [5, 5.41) is 12.4. The Morgan fingerprint density at radius 2 is 2.28 bits per heavy atom. The number of carbonyl (C=O) groups excluding carboxylic acids is 1. The zero-order chi connectivity index (χ0) is 13.0. The molecule has 100 valence electrons. The van der Waals surface area contributed by atoms with Crippen LogP contribution >= 0.6 is 11.3 Å². The number of thiophene rings is 1. The molecule has 1 aromatic rings. The van der Waals surface area contributed by atoms with Crippen molar-refractivity contribution in [2.24, 2.45) is 0 Å². The van der Waals surface area contributed by atoms with Crippen LogP contribution in [0.4, 0.5) is 0 Å². The lowest BCUT2D eigenvalue weighted by Gasteiger charge is -2.09. The molecule has 0 spiro atoms. The normalized spacial score (nSPS) is 16.1. The first-order chi connectivity index (χ1) is 8.70. The van der Waals surface area contributed by atoms with Crippen molar-refractivity contribution in [2.75, 3.05) is 6.54 Å². The summed E-state index contributed by atoms with van der Waals surface area (Å²) in [5.74, 6) is -0.0375.